The Kier molecular flexibility index (Phi) is 7.32. The van der Waals surface area contributed by atoms with Gasteiger partial charge in [-0.25, -0.2) is 10.4 Å². The Morgan fingerprint density at radius 3 is 2.58 bits per heavy atom. The minimum Gasteiger partial charge on any atom is -0.378 e. The topological polar surface area (TPSA) is 62.5 Å². The number of nitrogens with one attached hydrogen (secondary N) is 1. The minimum atomic E-state index is -0.197. The van der Waals surface area contributed by atoms with Gasteiger partial charge in [-0.2, -0.15) is 5.10 Å². The minimum absolute atomic E-state index is 0.197. The van der Waals surface area contributed by atoms with Gasteiger partial charge in [0.05, 0.1) is 29.5 Å². The molecule has 4 aromatic rings. The number of hydrazone groups is 1. The van der Waals surface area contributed by atoms with Crippen LogP contribution in [0.25, 0.3) is 11.0 Å². The van der Waals surface area contributed by atoms with E-state index in [9.17, 15) is 4.79 Å². The van der Waals surface area contributed by atoms with Gasteiger partial charge in [0.2, 0.25) is 0 Å². The number of thioether (sulfide) groups is 1. The zero-order valence-electron chi connectivity index (χ0n) is 18.4. The molecule has 0 unspecified atom stereocenters. The summed E-state index contributed by atoms with van der Waals surface area (Å²) < 4.78 is 2.09. The maximum absolute atomic E-state index is 12.4. The summed E-state index contributed by atoms with van der Waals surface area (Å²) in [6.45, 7) is 0.575. The fraction of sp³-hybridized carbons (Fsp3) is 0.160. The van der Waals surface area contributed by atoms with E-state index >= 15 is 0 Å². The van der Waals surface area contributed by atoms with Gasteiger partial charge in [-0.3, -0.25) is 4.79 Å². The third-order valence-electron chi connectivity index (χ3n) is 5.05. The summed E-state index contributed by atoms with van der Waals surface area (Å²) in [7, 11) is 3.98. The molecule has 1 aromatic heterocycles. The molecule has 0 spiro atoms. The first-order chi connectivity index (χ1) is 16.0. The highest BCUT2D eigenvalue weighted by atomic mass is 35.5. The molecule has 0 aliphatic carbocycles. The molecule has 0 saturated heterocycles. The molecule has 3 aromatic carbocycles. The molecule has 4 rings (SSSR count). The highest BCUT2D eigenvalue weighted by molar-refractivity contribution is 7.99. The number of hydrogen-bond donors (Lipinski definition) is 1. The Labute approximate surface area is 202 Å². The predicted octanol–water partition coefficient (Wildman–Crippen LogP) is 5.05. The van der Waals surface area contributed by atoms with Crippen molar-refractivity contribution in [1.29, 1.82) is 0 Å². The number of halogens is 1. The third-order valence-corrected chi connectivity index (χ3v) is 6.40. The van der Waals surface area contributed by atoms with Crippen LogP contribution in [-0.2, 0) is 11.3 Å². The van der Waals surface area contributed by atoms with Gasteiger partial charge in [0, 0.05) is 24.8 Å². The number of hydrogen-bond acceptors (Lipinski definition) is 5. The molecule has 0 fully saturated rings. The fourth-order valence-electron chi connectivity index (χ4n) is 3.31. The summed E-state index contributed by atoms with van der Waals surface area (Å²) in [6.07, 6.45) is 1.63. The van der Waals surface area contributed by atoms with Crippen LogP contribution in [0, 0.1) is 0 Å². The Balaban J connectivity index is 1.42. The maximum atomic E-state index is 12.4. The number of benzene rings is 3. The fourth-order valence-corrected chi connectivity index (χ4v) is 4.31. The lowest BCUT2D eigenvalue weighted by molar-refractivity contribution is -0.118. The summed E-state index contributed by atoms with van der Waals surface area (Å²) in [4.78, 5) is 19.1. The van der Waals surface area contributed by atoms with Crippen LogP contribution in [0.1, 0.15) is 11.1 Å². The summed E-state index contributed by atoms with van der Waals surface area (Å²) in [5, 5.41) is 5.54. The van der Waals surface area contributed by atoms with Crippen molar-refractivity contribution in [2.75, 3.05) is 24.7 Å². The van der Waals surface area contributed by atoms with Crippen LogP contribution in [-0.4, -0.2) is 41.5 Å². The molecule has 8 heteroatoms. The molecule has 1 amide bonds. The van der Waals surface area contributed by atoms with E-state index in [1.807, 2.05) is 91.8 Å². The molecule has 1 heterocycles. The van der Waals surface area contributed by atoms with Gasteiger partial charge >= 0.3 is 0 Å². The first-order valence-corrected chi connectivity index (χ1v) is 11.8. The number of rotatable bonds is 8. The molecule has 0 saturated carbocycles. The second-order valence-electron chi connectivity index (χ2n) is 7.63. The van der Waals surface area contributed by atoms with E-state index < -0.39 is 0 Å². The van der Waals surface area contributed by atoms with Crippen molar-refractivity contribution in [3.05, 3.63) is 88.9 Å². The van der Waals surface area contributed by atoms with Crippen molar-refractivity contribution in [2.45, 2.75) is 11.7 Å². The van der Waals surface area contributed by atoms with Crippen LogP contribution in [0.2, 0.25) is 5.02 Å². The molecule has 0 radical (unpaired) electrons. The maximum Gasteiger partial charge on any atom is 0.250 e. The van der Waals surface area contributed by atoms with Crippen molar-refractivity contribution in [2.24, 2.45) is 5.10 Å². The number of anilines is 1. The average molecular weight is 478 g/mol. The van der Waals surface area contributed by atoms with Crippen molar-refractivity contribution in [3.63, 3.8) is 0 Å². The van der Waals surface area contributed by atoms with E-state index in [2.05, 4.69) is 15.1 Å². The molecule has 6 nitrogen and oxygen atoms in total. The summed E-state index contributed by atoms with van der Waals surface area (Å²) >= 11 is 7.76. The predicted molar refractivity (Wildman–Crippen MR) is 138 cm³/mol. The molecule has 1 N–H and O–H groups in total. The van der Waals surface area contributed by atoms with Gasteiger partial charge in [-0.1, -0.05) is 65.8 Å². The second kappa shape index (κ2) is 10.6. The normalized spacial score (nSPS) is 11.2. The smallest absolute Gasteiger partial charge is 0.250 e. The Hall–Kier alpha value is -3.29. The van der Waals surface area contributed by atoms with Crippen molar-refractivity contribution in [3.8, 4) is 0 Å². The second-order valence-corrected chi connectivity index (χ2v) is 8.98. The molecule has 0 aliphatic heterocycles. The third kappa shape index (κ3) is 5.74. The Morgan fingerprint density at radius 2 is 1.82 bits per heavy atom. The average Bonchev–Trinajstić information content (AvgIpc) is 3.17. The zero-order chi connectivity index (χ0) is 23.2. The van der Waals surface area contributed by atoms with E-state index in [1.165, 1.54) is 11.8 Å². The Morgan fingerprint density at radius 1 is 1.09 bits per heavy atom. The van der Waals surface area contributed by atoms with Gasteiger partial charge in [0.15, 0.2) is 5.16 Å². The van der Waals surface area contributed by atoms with Crippen molar-refractivity contribution >= 4 is 52.2 Å². The van der Waals surface area contributed by atoms with Gasteiger partial charge < -0.3 is 9.47 Å². The van der Waals surface area contributed by atoms with Crippen LogP contribution in [0.15, 0.2) is 83.1 Å². The van der Waals surface area contributed by atoms with Crippen LogP contribution >= 0.6 is 23.4 Å². The lowest BCUT2D eigenvalue weighted by Crippen LogP contribution is -2.20. The summed E-state index contributed by atoms with van der Waals surface area (Å²) in [5.41, 5.74) is 7.49. The van der Waals surface area contributed by atoms with E-state index in [1.54, 1.807) is 6.21 Å². The number of fused-ring (bicyclic) bond motifs is 1. The highest BCUT2D eigenvalue weighted by Gasteiger charge is 2.14. The van der Waals surface area contributed by atoms with Gasteiger partial charge in [-0.15, -0.1) is 0 Å². The quantitative estimate of drug-likeness (QED) is 0.219. The zero-order valence-corrected chi connectivity index (χ0v) is 20.0. The number of aromatic nitrogens is 2. The van der Waals surface area contributed by atoms with Crippen LogP contribution in [0.4, 0.5) is 5.69 Å². The Bertz CT molecular complexity index is 1280. The van der Waals surface area contributed by atoms with Crippen LogP contribution in [0.3, 0.4) is 0 Å². The van der Waals surface area contributed by atoms with E-state index in [0.717, 1.165) is 33.0 Å². The number of carbonyl (C=O) groups excluding carboxylic acids is 1. The first kappa shape index (κ1) is 22.9. The molecule has 33 heavy (non-hydrogen) atoms. The van der Waals surface area contributed by atoms with E-state index in [4.69, 9.17) is 16.6 Å². The van der Waals surface area contributed by atoms with E-state index in [0.29, 0.717) is 11.6 Å². The van der Waals surface area contributed by atoms with Crippen molar-refractivity contribution in [1.82, 2.24) is 15.0 Å². The molecule has 0 atom stereocenters. The summed E-state index contributed by atoms with van der Waals surface area (Å²) in [6, 6.07) is 23.6. The van der Waals surface area contributed by atoms with Gasteiger partial charge in [0.1, 0.15) is 0 Å². The van der Waals surface area contributed by atoms with Gasteiger partial charge in [0.25, 0.3) is 5.91 Å². The van der Waals surface area contributed by atoms with Crippen LogP contribution in [0.5, 0.6) is 0 Å². The number of imidazole rings is 1. The van der Waals surface area contributed by atoms with Crippen LogP contribution < -0.4 is 10.3 Å². The van der Waals surface area contributed by atoms with E-state index in [-0.39, 0.29) is 11.7 Å². The molecule has 0 aliphatic rings. The number of amides is 1. The monoisotopic (exact) mass is 477 g/mol. The lowest BCUT2D eigenvalue weighted by Gasteiger charge is -2.11. The number of para-hydroxylation sites is 2. The molecular weight excluding hydrogens is 454 g/mol. The number of nitrogens with zero attached hydrogens (tertiary/aromatic N) is 4. The molecular formula is C25H24ClN5OS. The first-order valence-electron chi connectivity index (χ1n) is 10.4. The molecule has 0 bridgehead atoms. The van der Waals surface area contributed by atoms with Crippen molar-refractivity contribution < 1.29 is 4.79 Å². The largest absolute Gasteiger partial charge is 0.378 e. The van der Waals surface area contributed by atoms with Gasteiger partial charge in [-0.05, 0) is 41.5 Å². The lowest BCUT2D eigenvalue weighted by atomic mass is 10.2. The number of carbonyl (C=O) groups is 1. The SMILES string of the molecule is CN(C)c1ccc(C=NNC(=O)CSc2nc3ccccc3n2Cc2ccccc2Cl)cc1. The molecule has 168 valence electrons. The standard InChI is InChI=1S/C25H24ClN5OS/c1-30(2)20-13-11-18(12-14-20)15-27-29-24(32)17-33-25-28-22-9-5-6-10-23(22)31(25)16-19-7-3-4-8-21(19)26/h3-15H,16-17H2,1-2H3,(H,29,32). The summed E-state index contributed by atoms with van der Waals surface area (Å²) in [5.74, 6) is 0.000425. The highest BCUT2D eigenvalue weighted by Crippen LogP contribution is 2.27.